The molecule has 2 atom stereocenters. The van der Waals surface area contributed by atoms with Gasteiger partial charge in [-0.2, -0.15) is 0 Å². The molecule has 54 heavy (non-hydrogen) atoms. The van der Waals surface area contributed by atoms with Gasteiger partial charge in [0.25, 0.3) is 7.82 Å². The number of hydrogen-bond donors (Lipinski definition) is 0. The zero-order chi connectivity index (χ0) is 40.0. The van der Waals surface area contributed by atoms with E-state index >= 15 is 0 Å². The second-order valence-electron chi connectivity index (χ2n) is 15.0. The van der Waals surface area contributed by atoms with Crippen LogP contribution < -0.4 is 4.89 Å². The Balaban J connectivity index is 4.50. The largest absolute Gasteiger partial charge is 0.756 e. The maximum absolute atomic E-state index is 12.6. The van der Waals surface area contributed by atoms with E-state index < -0.39 is 32.5 Å². The number of quaternary nitrogens is 1. The first-order valence-electron chi connectivity index (χ1n) is 21.0. The van der Waals surface area contributed by atoms with Crippen molar-refractivity contribution in [2.75, 3.05) is 47.5 Å². The number of carbonyl (C=O) groups excluding carboxylic acids is 2. The van der Waals surface area contributed by atoms with Crippen molar-refractivity contribution in [3.8, 4) is 0 Å². The van der Waals surface area contributed by atoms with Crippen molar-refractivity contribution in [1.82, 2.24) is 0 Å². The van der Waals surface area contributed by atoms with Gasteiger partial charge in [0.1, 0.15) is 19.8 Å². The molecule has 0 aromatic heterocycles. The van der Waals surface area contributed by atoms with Crippen LogP contribution in [0.5, 0.6) is 0 Å². The number of likely N-dealkylation sites (N-methyl/N-ethyl adjacent to an activating group) is 1. The van der Waals surface area contributed by atoms with Crippen LogP contribution in [0.1, 0.15) is 155 Å². The topological polar surface area (TPSA) is 111 Å². The fraction of sp³-hybridized carbons (Fsp3) is 0.727. The lowest BCUT2D eigenvalue weighted by atomic mass is 10.1. The first-order valence-corrected chi connectivity index (χ1v) is 22.5. The second-order valence-corrected chi connectivity index (χ2v) is 16.4. The van der Waals surface area contributed by atoms with Crippen molar-refractivity contribution in [2.45, 2.75) is 161 Å². The van der Waals surface area contributed by atoms with E-state index in [1.807, 2.05) is 21.1 Å². The third-order valence-corrected chi connectivity index (χ3v) is 9.47. The van der Waals surface area contributed by atoms with Crippen LogP contribution in [0.4, 0.5) is 0 Å². The number of phosphoric acid groups is 1. The Labute approximate surface area is 330 Å². The number of nitrogens with zero attached hydrogens (tertiary/aromatic N) is 1. The summed E-state index contributed by atoms with van der Waals surface area (Å²) in [6, 6.07) is 0. The van der Waals surface area contributed by atoms with Gasteiger partial charge in [-0.05, 0) is 83.5 Å². The predicted octanol–water partition coefficient (Wildman–Crippen LogP) is 11.1. The van der Waals surface area contributed by atoms with Gasteiger partial charge in [-0.25, -0.2) is 0 Å². The van der Waals surface area contributed by atoms with E-state index in [-0.39, 0.29) is 26.1 Å². The smallest absolute Gasteiger partial charge is 0.306 e. The van der Waals surface area contributed by atoms with Crippen molar-refractivity contribution < 1.29 is 42.1 Å². The van der Waals surface area contributed by atoms with Crippen molar-refractivity contribution in [1.29, 1.82) is 0 Å². The molecule has 0 aliphatic carbocycles. The average Bonchev–Trinajstić information content (AvgIpc) is 3.12. The number of phosphoric ester groups is 1. The molecular formula is C44H78NO8P. The van der Waals surface area contributed by atoms with Crippen LogP contribution in [0.15, 0.2) is 60.8 Å². The highest BCUT2D eigenvalue weighted by atomic mass is 31.2. The summed E-state index contributed by atoms with van der Waals surface area (Å²) in [7, 11) is 1.12. The summed E-state index contributed by atoms with van der Waals surface area (Å²) >= 11 is 0. The van der Waals surface area contributed by atoms with Gasteiger partial charge in [-0.1, -0.05) is 120 Å². The molecule has 0 aliphatic rings. The molecule has 0 amide bonds. The van der Waals surface area contributed by atoms with Crippen LogP contribution in [0.25, 0.3) is 0 Å². The van der Waals surface area contributed by atoms with E-state index in [4.69, 9.17) is 18.5 Å². The van der Waals surface area contributed by atoms with Crippen molar-refractivity contribution in [3.63, 3.8) is 0 Å². The third kappa shape index (κ3) is 39.4. The quantitative estimate of drug-likeness (QED) is 0.0201. The number of rotatable bonds is 37. The Morgan fingerprint density at radius 2 is 1.00 bits per heavy atom. The molecule has 10 heteroatoms. The summed E-state index contributed by atoms with van der Waals surface area (Å²) in [5.74, 6) is -0.901. The first-order chi connectivity index (χ1) is 26.0. The maximum atomic E-state index is 12.6. The zero-order valence-corrected chi connectivity index (χ0v) is 35.8. The number of carbonyl (C=O) groups is 2. The minimum atomic E-state index is -4.64. The van der Waals surface area contributed by atoms with Gasteiger partial charge in [0.15, 0.2) is 6.10 Å². The molecule has 0 bridgehead atoms. The Kier molecular flexibility index (Phi) is 34.8. The minimum absolute atomic E-state index is 0.0431. The van der Waals surface area contributed by atoms with E-state index in [0.717, 1.165) is 70.6 Å². The van der Waals surface area contributed by atoms with Crippen molar-refractivity contribution in [3.05, 3.63) is 60.8 Å². The molecule has 9 nitrogen and oxygen atoms in total. The number of unbranched alkanes of at least 4 members (excludes halogenated alkanes) is 13. The average molecular weight is 780 g/mol. The van der Waals surface area contributed by atoms with Crippen LogP contribution in [0, 0.1) is 0 Å². The van der Waals surface area contributed by atoms with Gasteiger partial charge >= 0.3 is 11.9 Å². The van der Waals surface area contributed by atoms with Gasteiger partial charge < -0.3 is 27.9 Å². The van der Waals surface area contributed by atoms with Gasteiger partial charge in [0, 0.05) is 12.8 Å². The number of allylic oxidation sites excluding steroid dienone is 10. The van der Waals surface area contributed by atoms with E-state index in [2.05, 4.69) is 74.6 Å². The lowest BCUT2D eigenvalue weighted by molar-refractivity contribution is -0.870. The highest BCUT2D eigenvalue weighted by molar-refractivity contribution is 7.45. The number of esters is 2. The molecule has 0 aromatic carbocycles. The minimum Gasteiger partial charge on any atom is -0.756 e. The summed E-state index contributed by atoms with van der Waals surface area (Å²) < 4.78 is 33.8. The van der Waals surface area contributed by atoms with Gasteiger partial charge in [0.2, 0.25) is 0 Å². The number of ether oxygens (including phenoxy) is 2. The molecular weight excluding hydrogens is 701 g/mol. The normalized spacial score (nSPS) is 14.3. The van der Waals surface area contributed by atoms with Crippen LogP contribution in [-0.4, -0.2) is 70.0 Å². The lowest BCUT2D eigenvalue weighted by Crippen LogP contribution is -2.37. The summed E-state index contributed by atoms with van der Waals surface area (Å²) in [4.78, 5) is 37.4. The summed E-state index contributed by atoms with van der Waals surface area (Å²) in [5.41, 5.74) is 0. The second kappa shape index (κ2) is 36.4. The Morgan fingerprint density at radius 1 is 0.574 bits per heavy atom. The van der Waals surface area contributed by atoms with Crippen LogP contribution in [-0.2, 0) is 32.7 Å². The SMILES string of the molecule is CCCCC/C=C\C/C=C\C/C=C\CCCCC(=O)O[C@H](COC(=O)CCCCCCC/C=C\C/C=C\CCCCC)COP(=O)([O-])OCC[N+](C)(C)C. The van der Waals surface area contributed by atoms with Crippen LogP contribution in [0.2, 0.25) is 0 Å². The molecule has 0 rings (SSSR count). The lowest BCUT2D eigenvalue weighted by Gasteiger charge is -2.28. The van der Waals surface area contributed by atoms with E-state index in [1.54, 1.807) is 0 Å². The molecule has 0 radical (unpaired) electrons. The first kappa shape index (κ1) is 51.7. The molecule has 0 saturated carbocycles. The van der Waals surface area contributed by atoms with Gasteiger partial charge in [0.05, 0.1) is 27.7 Å². The fourth-order valence-electron chi connectivity index (χ4n) is 5.16. The molecule has 0 spiro atoms. The molecule has 0 saturated heterocycles. The van der Waals surface area contributed by atoms with E-state index in [9.17, 15) is 19.0 Å². The molecule has 0 heterocycles. The fourth-order valence-corrected chi connectivity index (χ4v) is 5.89. The van der Waals surface area contributed by atoms with Gasteiger partial charge in [-0.3, -0.25) is 14.2 Å². The maximum Gasteiger partial charge on any atom is 0.306 e. The summed E-state index contributed by atoms with van der Waals surface area (Å²) in [6.07, 6.45) is 42.5. The molecule has 1 unspecified atom stereocenters. The predicted molar refractivity (Wildman–Crippen MR) is 222 cm³/mol. The molecule has 0 aromatic rings. The molecule has 0 fully saturated rings. The molecule has 0 aliphatic heterocycles. The number of hydrogen-bond acceptors (Lipinski definition) is 8. The zero-order valence-electron chi connectivity index (χ0n) is 34.9. The monoisotopic (exact) mass is 780 g/mol. The van der Waals surface area contributed by atoms with E-state index in [0.29, 0.717) is 23.9 Å². The Hall–Kier alpha value is -2.29. The van der Waals surface area contributed by atoms with Crippen LogP contribution in [0.3, 0.4) is 0 Å². The summed E-state index contributed by atoms with van der Waals surface area (Å²) in [6.45, 7) is 4.09. The molecule has 0 N–H and O–H groups in total. The van der Waals surface area contributed by atoms with Crippen LogP contribution >= 0.6 is 7.82 Å². The third-order valence-electron chi connectivity index (χ3n) is 8.51. The Morgan fingerprint density at radius 3 is 1.52 bits per heavy atom. The van der Waals surface area contributed by atoms with Gasteiger partial charge in [-0.15, -0.1) is 0 Å². The van der Waals surface area contributed by atoms with Crippen molar-refractivity contribution >= 4 is 19.8 Å². The van der Waals surface area contributed by atoms with Crippen molar-refractivity contribution in [2.24, 2.45) is 0 Å². The highest BCUT2D eigenvalue weighted by Crippen LogP contribution is 2.38. The summed E-state index contributed by atoms with van der Waals surface area (Å²) in [5, 5.41) is 0. The highest BCUT2D eigenvalue weighted by Gasteiger charge is 2.21. The Bertz CT molecular complexity index is 1110. The standard InChI is InChI=1S/C44H78NO8P/c1-6-8-10-12-14-16-18-20-22-24-26-28-30-32-34-36-43(46)50-40-42(41-52-54(48,49)51-39-38-45(3,4)5)53-44(47)37-35-33-31-29-27-25-23-21-19-17-15-13-11-9-7-2/h14-17,20-23,27,29,42H,6-13,18-19,24-26,28,30-41H2,1-5H3/b16-14-,17-15-,22-20-,23-21-,29-27-/t42-/m1/s1. The van der Waals surface area contributed by atoms with E-state index in [1.165, 1.54) is 44.9 Å². The molecule has 312 valence electrons.